The molecule has 1 aromatic carbocycles. The maximum absolute atomic E-state index is 13.3. The molecule has 2 saturated heterocycles. The number of carbonyl (C=O) groups is 2. The van der Waals surface area contributed by atoms with Crippen LogP contribution in [0.3, 0.4) is 0 Å². The van der Waals surface area contributed by atoms with Gasteiger partial charge in [0.05, 0.1) is 6.33 Å². The molecule has 0 unspecified atom stereocenters. The number of fused-ring (bicyclic) bond motifs is 1. The van der Waals surface area contributed by atoms with Crippen LogP contribution in [0.5, 0.6) is 0 Å². The van der Waals surface area contributed by atoms with E-state index in [1.54, 1.807) is 30.7 Å². The van der Waals surface area contributed by atoms with Crippen LogP contribution in [0.1, 0.15) is 31.2 Å². The average Bonchev–Trinajstić information content (AvgIpc) is 3.27. The van der Waals surface area contributed by atoms with Crippen LogP contribution in [0.4, 0.5) is 4.39 Å². The van der Waals surface area contributed by atoms with Gasteiger partial charge in [-0.15, -0.1) is 0 Å². The van der Waals surface area contributed by atoms with Gasteiger partial charge in [0.25, 0.3) is 0 Å². The number of halogens is 1. The Hall–Kier alpha value is -2.96. The summed E-state index contributed by atoms with van der Waals surface area (Å²) in [6.45, 7) is 2.89. The highest BCUT2D eigenvalue weighted by Gasteiger charge is 2.39. The first kappa shape index (κ1) is 20.3. The fourth-order valence-electron chi connectivity index (χ4n) is 4.57. The van der Waals surface area contributed by atoms with Gasteiger partial charge < -0.3 is 14.4 Å². The van der Waals surface area contributed by atoms with E-state index in [9.17, 15) is 14.0 Å². The molecule has 7 heteroatoms. The number of likely N-dealkylation sites (tertiary alicyclic amines) is 2. The average molecular weight is 410 g/mol. The molecule has 0 saturated carbocycles. The molecule has 0 bridgehead atoms. The van der Waals surface area contributed by atoms with Crippen molar-refractivity contribution in [3.63, 3.8) is 0 Å². The summed E-state index contributed by atoms with van der Waals surface area (Å²) < 4.78 is 15.3. The van der Waals surface area contributed by atoms with Gasteiger partial charge in [-0.05, 0) is 49.0 Å². The Bertz CT molecular complexity index is 912. The van der Waals surface area contributed by atoms with Crippen molar-refractivity contribution < 1.29 is 14.0 Å². The number of hydrogen-bond donors (Lipinski definition) is 0. The molecule has 3 heterocycles. The van der Waals surface area contributed by atoms with Crippen LogP contribution < -0.4 is 0 Å². The maximum Gasteiger partial charge on any atom is 0.246 e. The third-order valence-electron chi connectivity index (χ3n) is 6.10. The van der Waals surface area contributed by atoms with Gasteiger partial charge in [0.15, 0.2) is 0 Å². The molecular formula is C23H27FN4O2. The smallest absolute Gasteiger partial charge is 0.246 e. The predicted octanol–water partition coefficient (Wildman–Crippen LogP) is 2.97. The first-order chi connectivity index (χ1) is 14.6. The molecule has 2 aliphatic heterocycles. The molecule has 2 atom stereocenters. The molecule has 2 amide bonds. The fourth-order valence-corrected chi connectivity index (χ4v) is 4.57. The van der Waals surface area contributed by atoms with E-state index in [0.717, 1.165) is 32.4 Å². The number of carbonyl (C=O) groups excluding carboxylic acids is 2. The number of benzene rings is 1. The van der Waals surface area contributed by atoms with Gasteiger partial charge in [-0.1, -0.05) is 12.1 Å². The van der Waals surface area contributed by atoms with Gasteiger partial charge >= 0.3 is 0 Å². The maximum atomic E-state index is 13.3. The summed E-state index contributed by atoms with van der Waals surface area (Å²) in [5.41, 5.74) is 0.672. The van der Waals surface area contributed by atoms with Gasteiger partial charge in [-0.2, -0.15) is 0 Å². The zero-order chi connectivity index (χ0) is 20.9. The van der Waals surface area contributed by atoms with Gasteiger partial charge in [0.1, 0.15) is 5.82 Å². The standard InChI is InChI=1S/C23H27FN4O2/c24-20-4-1-3-18(15-20)5-7-22(29)27-13-9-21-19(16-27)6-8-23(30)28(21)12-2-11-26-14-10-25-17-26/h1,3-5,7,10,14-15,17,19,21H,2,6,8-9,11-13,16H2/b7-5+/t19-,21+/m1/s1. The second kappa shape index (κ2) is 9.24. The number of imidazole rings is 1. The summed E-state index contributed by atoms with van der Waals surface area (Å²) in [6, 6.07) is 6.41. The Balaban J connectivity index is 1.33. The molecule has 6 nitrogen and oxygen atoms in total. The van der Waals surface area contributed by atoms with Gasteiger partial charge in [0, 0.05) is 57.1 Å². The van der Waals surface area contributed by atoms with E-state index in [0.29, 0.717) is 31.0 Å². The molecular weight excluding hydrogens is 383 g/mol. The lowest BCUT2D eigenvalue weighted by Gasteiger charge is -2.47. The Morgan fingerprint density at radius 3 is 2.97 bits per heavy atom. The van der Waals surface area contributed by atoms with Gasteiger partial charge in [0.2, 0.25) is 11.8 Å². The molecule has 0 spiro atoms. The molecule has 2 aromatic rings. The minimum Gasteiger partial charge on any atom is -0.339 e. The Labute approximate surface area is 176 Å². The van der Waals surface area contributed by atoms with Crippen molar-refractivity contribution in [3.8, 4) is 0 Å². The molecule has 4 rings (SSSR count). The lowest BCUT2D eigenvalue weighted by Crippen LogP contribution is -2.56. The number of nitrogens with zero attached hydrogens (tertiary/aromatic N) is 4. The van der Waals surface area contributed by atoms with Gasteiger partial charge in [-0.25, -0.2) is 9.37 Å². The lowest BCUT2D eigenvalue weighted by atomic mass is 9.83. The second-order valence-electron chi connectivity index (χ2n) is 8.07. The largest absolute Gasteiger partial charge is 0.339 e. The van der Waals surface area contributed by atoms with Crippen molar-refractivity contribution in [3.05, 3.63) is 60.4 Å². The van der Waals surface area contributed by atoms with Crippen LogP contribution >= 0.6 is 0 Å². The van der Waals surface area contributed by atoms with E-state index in [2.05, 4.69) is 4.98 Å². The second-order valence-corrected chi connectivity index (χ2v) is 8.07. The summed E-state index contributed by atoms with van der Waals surface area (Å²) in [5.74, 6) is 0.176. The number of amides is 2. The summed E-state index contributed by atoms with van der Waals surface area (Å²) in [5, 5.41) is 0. The zero-order valence-electron chi connectivity index (χ0n) is 17.0. The summed E-state index contributed by atoms with van der Waals surface area (Å²) in [4.78, 5) is 33.1. The lowest BCUT2D eigenvalue weighted by molar-refractivity contribution is -0.143. The highest BCUT2D eigenvalue weighted by Crippen LogP contribution is 2.31. The van der Waals surface area contributed by atoms with Crippen molar-refractivity contribution in [1.82, 2.24) is 19.4 Å². The number of aryl methyl sites for hydroxylation is 1. The van der Waals surface area contributed by atoms with E-state index in [1.165, 1.54) is 18.2 Å². The molecule has 0 radical (unpaired) electrons. The van der Waals surface area contributed by atoms with Crippen LogP contribution in [-0.4, -0.2) is 56.8 Å². The molecule has 2 aliphatic rings. The number of piperidine rings is 2. The van der Waals surface area contributed by atoms with Crippen molar-refractivity contribution in [2.75, 3.05) is 19.6 Å². The normalized spacial score (nSPS) is 21.8. The van der Waals surface area contributed by atoms with Crippen molar-refractivity contribution in [2.24, 2.45) is 5.92 Å². The quantitative estimate of drug-likeness (QED) is 0.688. The Kier molecular flexibility index (Phi) is 6.26. The van der Waals surface area contributed by atoms with Crippen molar-refractivity contribution in [1.29, 1.82) is 0 Å². The molecule has 0 aliphatic carbocycles. The van der Waals surface area contributed by atoms with Crippen LogP contribution in [0, 0.1) is 11.7 Å². The minimum absolute atomic E-state index is 0.0544. The minimum atomic E-state index is -0.314. The highest BCUT2D eigenvalue weighted by atomic mass is 19.1. The van der Waals surface area contributed by atoms with Crippen LogP contribution in [0.2, 0.25) is 0 Å². The monoisotopic (exact) mass is 410 g/mol. The van der Waals surface area contributed by atoms with Crippen LogP contribution in [-0.2, 0) is 16.1 Å². The highest BCUT2D eigenvalue weighted by molar-refractivity contribution is 5.92. The van der Waals surface area contributed by atoms with E-state index in [4.69, 9.17) is 0 Å². The van der Waals surface area contributed by atoms with E-state index in [1.807, 2.05) is 20.6 Å². The third kappa shape index (κ3) is 4.78. The third-order valence-corrected chi connectivity index (χ3v) is 6.10. The topological polar surface area (TPSA) is 58.4 Å². The Morgan fingerprint density at radius 2 is 2.17 bits per heavy atom. The zero-order valence-corrected chi connectivity index (χ0v) is 17.0. The number of rotatable bonds is 6. The van der Waals surface area contributed by atoms with E-state index < -0.39 is 0 Å². The fraction of sp³-hybridized carbons (Fsp3) is 0.435. The van der Waals surface area contributed by atoms with Crippen LogP contribution in [0.15, 0.2) is 49.1 Å². The van der Waals surface area contributed by atoms with E-state index in [-0.39, 0.29) is 23.7 Å². The van der Waals surface area contributed by atoms with Gasteiger partial charge in [-0.3, -0.25) is 9.59 Å². The first-order valence-corrected chi connectivity index (χ1v) is 10.6. The summed E-state index contributed by atoms with van der Waals surface area (Å²) in [6.07, 6.45) is 11.7. The predicted molar refractivity (Wildman–Crippen MR) is 112 cm³/mol. The molecule has 0 N–H and O–H groups in total. The SMILES string of the molecule is O=C(/C=C/c1cccc(F)c1)N1CC[C@H]2[C@H](CCC(=O)N2CCCn2ccnc2)C1. The van der Waals surface area contributed by atoms with Crippen molar-refractivity contribution >= 4 is 17.9 Å². The summed E-state index contributed by atoms with van der Waals surface area (Å²) in [7, 11) is 0. The number of hydrogen-bond acceptors (Lipinski definition) is 3. The van der Waals surface area contributed by atoms with Crippen LogP contribution in [0.25, 0.3) is 6.08 Å². The summed E-state index contributed by atoms with van der Waals surface area (Å²) >= 11 is 0. The van der Waals surface area contributed by atoms with Crippen molar-refractivity contribution in [2.45, 2.75) is 38.3 Å². The molecule has 1 aromatic heterocycles. The Morgan fingerprint density at radius 1 is 1.27 bits per heavy atom. The number of aromatic nitrogens is 2. The molecule has 158 valence electrons. The van der Waals surface area contributed by atoms with E-state index >= 15 is 0 Å². The molecule has 2 fully saturated rings. The molecule has 30 heavy (non-hydrogen) atoms. The first-order valence-electron chi connectivity index (χ1n) is 10.6.